The lowest BCUT2D eigenvalue weighted by Gasteiger charge is -2.13. The van der Waals surface area contributed by atoms with Crippen molar-refractivity contribution in [3.8, 4) is 0 Å². The Labute approximate surface area is 127 Å². The quantitative estimate of drug-likeness (QED) is 0.726. The largest absolute Gasteiger partial charge is 0.388 e. The first-order valence-corrected chi connectivity index (χ1v) is 7.31. The van der Waals surface area contributed by atoms with Gasteiger partial charge in [0, 0.05) is 9.99 Å². The van der Waals surface area contributed by atoms with Gasteiger partial charge in [-0.2, -0.15) is 0 Å². The van der Waals surface area contributed by atoms with Gasteiger partial charge in [-0.05, 0) is 67.8 Å². The maximum atomic E-state index is 13.1. The summed E-state index contributed by atoms with van der Waals surface area (Å²) in [6.07, 6.45) is -0.103. The Morgan fingerprint density at radius 3 is 2.61 bits per heavy atom. The summed E-state index contributed by atoms with van der Waals surface area (Å²) in [6.45, 7) is 0. The number of hydrogen-bond acceptors (Lipinski definition) is 1. The van der Waals surface area contributed by atoms with Gasteiger partial charge in [-0.25, -0.2) is 4.39 Å². The zero-order valence-corrected chi connectivity index (χ0v) is 13.2. The molecule has 0 bridgehead atoms. The molecular weight excluding hydrogens is 410 g/mol. The average Bonchev–Trinajstić information content (AvgIpc) is 2.34. The predicted molar refractivity (Wildman–Crippen MR) is 81.9 cm³/mol. The average molecular weight is 421 g/mol. The van der Waals surface area contributed by atoms with Crippen LogP contribution >= 0.6 is 38.5 Å². The van der Waals surface area contributed by atoms with Crippen LogP contribution < -0.4 is 0 Å². The van der Waals surface area contributed by atoms with Crippen LogP contribution in [-0.4, -0.2) is 5.11 Å². The third-order valence-electron chi connectivity index (χ3n) is 2.68. The molecule has 0 aliphatic carbocycles. The molecule has 0 aliphatic heterocycles. The second-order valence-corrected chi connectivity index (χ2v) is 6.01. The molecule has 2 aromatic carbocycles. The van der Waals surface area contributed by atoms with Crippen LogP contribution in [0.3, 0.4) is 0 Å². The molecule has 1 atom stereocenters. The highest BCUT2D eigenvalue weighted by Crippen LogP contribution is 2.25. The summed E-state index contributed by atoms with van der Waals surface area (Å²) in [7, 11) is 0. The Bertz CT molecular complexity index is 559. The Balaban J connectivity index is 2.19. The third-order valence-corrected chi connectivity index (χ3v) is 4.27. The van der Waals surface area contributed by atoms with E-state index in [2.05, 4.69) is 38.5 Å². The van der Waals surface area contributed by atoms with Crippen LogP contribution in [0.2, 0.25) is 0 Å². The van der Waals surface area contributed by atoms with Crippen molar-refractivity contribution in [2.75, 3.05) is 0 Å². The van der Waals surface area contributed by atoms with Gasteiger partial charge < -0.3 is 5.11 Å². The van der Waals surface area contributed by atoms with Crippen LogP contribution in [0.15, 0.2) is 46.9 Å². The van der Waals surface area contributed by atoms with E-state index in [0.717, 1.165) is 14.7 Å². The molecule has 0 spiro atoms. The van der Waals surface area contributed by atoms with E-state index in [1.165, 1.54) is 6.07 Å². The summed E-state index contributed by atoms with van der Waals surface area (Å²) in [5.74, 6) is -0.289. The molecule has 2 rings (SSSR count). The van der Waals surface area contributed by atoms with Gasteiger partial charge in [-0.1, -0.05) is 24.3 Å². The maximum Gasteiger partial charge on any atom is 0.137 e. The molecule has 2 aromatic rings. The fraction of sp³-hybridized carbons (Fsp3) is 0.143. The molecule has 1 unspecified atom stereocenters. The monoisotopic (exact) mass is 420 g/mol. The summed E-state index contributed by atoms with van der Waals surface area (Å²) in [4.78, 5) is 0. The Kier molecular flexibility index (Phi) is 4.75. The number of benzene rings is 2. The van der Waals surface area contributed by atoms with E-state index in [0.29, 0.717) is 10.9 Å². The molecule has 0 saturated heterocycles. The molecule has 0 amide bonds. The summed E-state index contributed by atoms with van der Waals surface area (Å²) >= 11 is 5.35. The Hall–Kier alpha value is -0.460. The van der Waals surface area contributed by atoms with Crippen LogP contribution in [0.1, 0.15) is 17.2 Å². The van der Waals surface area contributed by atoms with E-state index in [1.54, 1.807) is 12.1 Å². The first-order chi connectivity index (χ1) is 8.58. The van der Waals surface area contributed by atoms with Crippen molar-refractivity contribution in [2.45, 2.75) is 12.5 Å². The summed E-state index contributed by atoms with van der Waals surface area (Å²) in [5, 5.41) is 10.2. The lowest BCUT2D eigenvalue weighted by Crippen LogP contribution is -2.04. The molecular formula is C14H11BrFIO. The standard InChI is InChI=1S/C14H11BrFIO/c15-11-7-9(5-6-12(11)16)8-14(18)10-3-1-2-4-13(10)17/h1-7,14,18H,8H2. The number of aliphatic hydroxyl groups excluding tert-OH is 1. The molecule has 0 aliphatic rings. The van der Waals surface area contributed by atoms with Gasteiger partial charge >= 0.3 is 0 Å². The van der Waals surface area contributed by atoms with E-state index in [1.807, 2.05) is 24.3 Å². The Morgan fingerprint density at radius 1 is 1.22 bits per heavy atom. The second-order valence-electron chi connectivity index (χ2n) is 3.99. The van der Waals surface area contributed by atoms with Gasteiger partial charge in [-0.15, -0.1) is 0 Å². The number of halogens is 3. The summed E-state index contributed by atoms with van der Waals surface area (Å²) < 4.78 is 14.6. The Morgan fingerprint density at radius 2 is 1.94 bits per heavy atom. The number of rotatable bonds is 3. The summed E-state index contributed by atoms with van der Waals surface area (Å²) in [6, 6.07) is 12.5. The zero-order valence-electron chi connectivity index (χ0n) is 9.41. The molecule has 18 heavy (non-hydrogen) atoms. The number of aliphatic hydroxyl groups is 1. The van der Waals surface area contributed by atoms with Crippen LogP contribution in [0, 0.1) is 9.39 Å². The minimum Gasteiger partial charge on any atom is -0.388 e. The topological polar surface area (TPSA) is 20.2 Å². The van der Waals surface area contributed by atoms with Gasteiger partial charge in [0.15, 0.2) is 0 Å². The molecule has 1 N–H and O–H groups in total. The predicted octanol–water partition coefficient (Wildman–Crippen LogP) is 4.47. The molecule has 4 heteroatoms. The fourth-order valence-corrected chi connectivity index (χ4v) is 2.92. The number of hydrogen-bond donors (Lipinski definition) is 1. The van der Waals surface area contributed by atoms with Crippen molar-refractivity contribution in [2.24, 2.45) is 0 Å². The van der Waals surface area contributed by atoms with Crippen LogP contribution in [0.25, 0.3) is 0 Å². The molecule has 0 fully saturated rings. The SMILES string of the molecule is OC(Cc1ccc(F)c(Br)c1)c1ccccc1I. The molecule has 0 saturated carbocycles. The molecule has 0 aromatic heterocycles. The minimum absolute atomic E-state index is 0.289. The zero-order chi connectivity index (χ0) is 13.1. The highest BCUT2D eigenvalue weighted by Gasteiger charge is 2.12. The van der Waals surface area contributed by atoms with Crippen molar-refractivity contribution in [1.82, 2.24) is 0 Å². The van der Waals surface area contributed by atoms with Gasteiger partial charge in [0.25, 0.3) is 0 Å². The smallest absolute Gasteiger partial charge is 0.137 e. The van der Waals surface area contributed by atoms with Crippen molar-refractivity contribution in [3.05, 3.63) is 67.5 Å². The maximum absolute atomic E-state index is 13.1. The first kappa shape index (κ1) is 14.0. The normalized spacial score (nSPS) is 12.4. The van der Waals surface area contributed by atoms with E-state index in [-0.39, 0.29) is 5.82 Å². The van der Waals surface area contributed by atoms with E-state index < -0.39 is 6.10 Å². The van der Waals surface area contributed by atoms with Gasteiger partial charge in [-0.3, -0.25) is 0 Å². The van der Waals surface area contributed by atoms with Crippen LogP contribution in [0.5, 0.6) is 0 Å². The molecule has 1 nitrogen and oxygen atoms in total. The van der Waals surface area contributed by atoms with Crippen molar-refractivity contribution in [1.29, 1.82) is 0 Å². The molecule has 94 valence electrons. The van der Waals surface area contributed by atoms with E-state index in [4.69, 9.17) is 0 Å². The van der Waals surface area contributed by atoms with E-state index in [9.17, 15) is 9.50 Å². The van der Waals surface area contributed by atoms with Crippen molar-refractivity contribution >= 4 is 38.5 Å². The van der Waals surface area contributed by atoms with E-state index >= 15 is 0 Å². The molecule has 0 radical (unpaired) electrons. The summed E-state index contributed by atoms with van der Waals surface area (Å²) in [5.41, 5.74) is 1.80. The van der Waals surface area contributed by atoms with Crippen LogP contribution in [0.4, 0.5) is 4.39 Å². The minimum atomic E-state index is -0.574. The lowest BCUT2D eigenvalue weighted by atomic mass is 10.0. The first-order valence-electron chi connectivity index (χ1n) is 5.44. The highest BCUT2D eigenvalue weighted by molar-refractivity contribution is 14.1. The van der Waals surface area contributed by atoms with Crippen molar-refractivity contribution in [3.63, 3.8) is 0 Å². The molecule has 0 heterocycles. The fourth-order valence-electron chi connectivity index (χ4n) is 1.75. The van der Waals surface area contributed by atoms with Gasteiger partial charge in [0.05, 0.1) is 10.6 Å². The highest BCUT2D eigenvalue weighted by atomic mass is 127. The third kappa shape index (κ3) is 3.30. The second kappa shape index (κ2) is 6.12. The van der Waals surface area contributed by atoms with Gasteiger partial charge in [0.2, 0.25) is 0 Å². The lowest BCUT2D eigenvalue weighted by molar-refractivity contribution is 0.177. The van der Waals surface area contributed by atoms with Crippen LogP contribution in [-0.2, 0) is 6.42 Å². The van der Waals surface area contributed by atoms with Crippen molar-refractivity contribution < 1.29 is 9.50 Å². The van der Waals surface area contributed by atoms with Gasteiger partial charge in [0.1, 0.15) is 5.82 Å².